The van der Waals surface area contributed by atoms with E-state index in [1.807, 2.05) is 12.1 Å². The first-order valence-electron chi connectivity index (χ1n) is 5.91. The molecule has 20 heavy (non-hydrogen) atoms. The lowest BCUT2D eigenvalue weighted by Gasteiger charge is -2.09. The van der Waals surface area contributed by atoms with Gasteiger partial charge >= 0.3 is 5.51 Å². The summed E-state index contributed by atoms with van der Waals surface area (Å²) in [5, 5.41) is 4.44. The molecule has 0 saturated carbocycles. The molecule has 0 spiro atoms. The molecule has 0 aliphatic carbocycles. The van der Waals surface area contributed by atoms with Crippen molar-refractivity contribution in [2.45, 2.75) is 12.1 Å². The highest BCUT2D eigenvalue weighted by molar-refractivity contribution is 8.00. The lowest BCUT2D eigenvalue weighted by Crippen LogP contribution is -2.18. The molecule has 0 unspecified atom stereocenters. The van der Waals surface area contributed by atoms with Crippen molar-refractivity contribution in [2.75, 3.05) is 12.3 Å². The Labute approximate surface area is 123 Å². The van der Waals surface area contributed by atoms with Gasteiger partial charge in [0.2, 0.25) is 0 Å². The number of thioether (sulfide) groups is 1. The van der Waals surface area contributed by atoms with Gasteiger partial charge in [-0.3, -0.25) is 4.98 Å². The van der Waals surface area contributed by atoms with E-state index in [-0.39, 0.29) is 24.1 Å². The fourth-order valence-corrected chi connectivity index (χ4v) is 2.49. The monoisotopic (exact) mass is 320 g/mol. The van der Waals surface area contributed by atoms with Gasteiger partial charge in [0.05, 0.1) is 5.52 Å². The second-order valence-corrected chi connectivity index (χ2v) is 5.64. The zero-order valence-electron chi connectivity index (χ0n) is 10.4. The van der Waals surface area contributed by atoms with Crippen molar-refractivity contribution in [2.24, 2.45) is 0 Å². The molecule has 0 aliphatic rings. The third-order valence-electron chi connectivity index (χ3n) is 2.66. The zero-order chi connectivity index (χ0) is 14.6. The number of benzene rings is 1. The average molecular weight is 321 g/mol. The number of hydrogen-bond donors (Lipinski definition) is 1. The van der Waals surface area contributed by atoms with Crippen molar-refractivity contribution in [1.82, 2.24) is 10.3 Å². The van der Waals surface area contributed by atoms with E-state index in [0.717, 1.165) is 16.5 Å². The van der Waals surface area contributed by atoms with Crippen LogP contribution in [-0.4, -0.2) is 22.8 Å². The Morgan fingerprint density at radius 3 is 2.80 bits per heavy atom. The summed E-state index contributed by atoms with van der Waals surface area (Å²) in [4.78, 5) is 4.27. The normalized spacial score (nSPS) is 12.0. The molecule has 0 atom stereocenters. The van der Waals surface area contributed by atoms with Gasteiger partial charge < -0.3 is 5.32 Å². The van der Waals surface area contributed by atoms with Gasteiger partial charge in [0, 0.05) is 35.4 Å². The summed E-state index contributed by atoms with van der Waals surface area (Å²) in [5.41, 5.74) is -2.48. The van der Waals surface area contributed by atoms with Crippen LogP contribution in [0.3, 0.4) is 0 Å². The standard InChI is InChI=1S/C13H12ClF3N2S/c14-11-4-3-9(12-10(11)2-1-5-19-12)8-18-6-7-20-13(15,16)17/h1-5,18H,6-8H2. The molecule has 0 radical (unpaired) electrons. The number of halogens is 4. The molecule has 108 valence electrons. The summed E-state index contributed by atoms with van der Waals surface area (Å²) in [7, 11) is 0. The second-order valence-electron chi connectivity index (χ2n) is 4.08. The molecule has 2 nitrogen and oxygen atoms in total. The molecule has 1 heterocycles. The van der Waals surface area contributed by atoms with Crippen molar-refractivity contribution < 1.29 is 13.2 Å². The van der Waals surface area contributed by atoms with Crippen molar-refractivity contribution in [3.63, 3.8) is 0 Å². The smallest absolute Gasteiger partial charge is 0.312 e. The molecular formula is C13H12ClF3N2S. The first kappa shape index (κ1) is 15.4. The molecule has 1 aromatic carbocycles. The maximum absolute atomic E-state index is 12.0. The van der Waals surface area contributed by atoms with Crippen molar-refractivity contribution in [1.29, 1.82) is 0 Å². The Bertz CT molecular complexity index is 589. The lowest BCUT2D eigenvalue weighted by molar-refractivity contribution is -0.0327. The molecule has 0 bridgehead atoms. The number of aromatic nitrogens is 1. The number of hydrogen-bond acceptors (Lipinski definition) is 3. The minimum absolute atomic E-state index is 0.0115. The number of nitrogens with one attached hydrogen (secondary N) is 1. The van der Waals surface area contributed by atoms with Gasteiger partial charge in [0.15, 0.2) is 0 Å². The van der Waals surface area contributed by atoms with E-state index in [1.165, 1.54) is 0 Å². The molecular weight excluding hydrogens is 309 g/mol. The Morgan fingerprint density at radius 1 is 1.25 bits per heavy atom. The van der Waals surface area contributed by atoms with Crippen LogP contribution in [0.25, 0.3) is 10.9 Å². The summed E-state index contributed by atoms with van der Waals surface area (Å²) >= 11 is 6.05. The number of rotatable bonds is 5. The van der Waals surface area contributed by atoms with E-state index in [9.17, 15) is 13.2 Å². The van der Waals surface area contributed by atoms with Crippen LogP contribution < -0.4 is 5.32 Å². The third kappa shape index (κ3) is 4.26. The Kier molecular flexibility index (Phi) is 5.12. The lowest BCUT2D eigenvalue weighted by atomic mass is 10.1. The number of nitrogens with zero attached hydrogens (tertiary/aromatic N) is 1. The number of pyridine rings is 1. The molecule has 0 aliphatic heterocycles. The fraction of sp³-hybridized carbons (Fsp3) is 0.308. The highest BCUT2D eigenvalue weighted by Gasteiger charge is 2.27. The quantitative estimate of drug-likeness (QED) is 0.834. The van der Waals surface area contributed by atoms with Crippen LogP contribution in [0.1, 0.15) is 5.56 Å². The molecule has 1 N–H and O–H groups in total. The predicted molar refractivity (Wildman–Crippen MR) is 77.0 cm³/mol. The molecule has 0 fully saturated rings. The van der Waals surface area contributed by atoms with Crippen molar-refractivity contribution in [3.8, 4) is 0 Å². The van der Waals surface area contributed by atoms with Gasteiger partial charge in [0.1, 0.15) is 0 Å². The van der Waals surface area contributed by atoms with Crippen LogP contribution in [0.4, 0.5) is 13.2 Å². The number of alkyl halides is 3. The molecule has 7 heteroatoms. The second kappa shape index (κ2) is 6.65. The first-order valence-corrected chi connectivity index (χ1v) is 7.27. The number of fused-ring (bicyclic) bond motifs is 1. The van der Waals surface area contributed by atoms with Crippen LogP contribution in [0.15, 0.2) is 30.5 Å². The minimum Gasteiger partial charge on any atom is -0.312 e. The highest BCUT2D eigenvalue weighted by Crippen LogP contribution is 2.29. The highest BCUT2D eigenvalue weighted by atomic mass is 35.5. The van der Waals surface area contributed by atoms with E-state index in [1.54, 1.807) is 18.3 Å². The van der Waals surface area contributed by atoms with Gasteiger partial charge in [-0.25, -0.2) is 0 Å². The van der Waals surface area contributed by atoms with Gasteiger partial charge in [-0.1, -0.05) is 17.7 Å². The summed E-state index contributed by atoms with van der Waals surface area (Å²) in [5.74, 6) is -0.0115. The molecule has 1 aromatic heterocycles. The molecule has 2 rings (SSSR count). The first-order chi connectivity index (χ1) is 9.47. The van der Waals surface area contributed by atoms with Crippen LogP contribution in [0.5, 0.6) is 0 Å². The van der Waals surface area contributed by atoms with Crippen molar-refractivity contribution in [3.05, 3.63) is 41.0 Å². The Hall–Kier alpha value is -0.980. The van der Waals surface area contributed by atoms with E-state index in [4.69, 9.17) is 11.6 Å². The topological polar surface area (TPSA) is 24.9 Å². The molecule has 0 amide bonds. The van der Waals surface area contributed by atoms with Gasteiger partial charge in [-0.15, -0.1) is 0 Å². The van der Waals surface area contributed by atoms with E-state index < -0.39 is 5.51 Å². The van der Waals surface area contributed by atoms with E-state index in [2.05, 4.69) is 10.3 Å². The van der Waals surface area contributed by atoms with Crippen molar-refractivity contribution >= 4 is 34.3 Å². The minimum atomic E-state index is -4.17. The largest absolute Gasteiger partial charge is 0.441 e. The third-order valence-corrected chi connectivity index (χ3v) is 3.73. The van der Waals surface area contributed by atoms with Gasteiger partial charge in [-0.2, -0.15) is 13.2 Å². The SMILES string of the molecule is FC(F)(F)SCCNCc1ccc(Cl)c2cccnc12. The van der Waals surface area contributed by atoms with Gasteiger partial charge in [-0.05, 0) is 35.5 Å². The van der Waals surface area contributed by atoms with Crippen LogP contribution in [0, 0.1) is 0 Å². The zero-order valence-corrected chi connectivity index (χ0v) is 11.9. The fourth-order valence-electron chi connectivity index (χ4n) is 1.80. The van der Waals surface area contributed by atoms with E-state index >= 15 is 0 Å². The summed E-state index contributed by atoms with van der Waals surface area (Å²) in [6, 6.07) is 7.27. The van der Waals surface area contributed by atoms with Crippen LogP contribution in [-0.2, 0) is 6.54 Å². The Morgan fingerprint density at radius 2 is 2.05 bits per heavy atom. The summed E-state index contributed by atoms with van der Waals surface area (Å²) in [6.07, 6.45) is 1.67. The Balaban J connectivity index is 1.95. The summed E-state index contributed by atoms with van der Waals surface area (Å²) in [6.45, 7) is 0.740. The van der Waals surface area contributed by atoms with Gasteiger partial charge in [0.25, 0.3) is 0 Å². The maximum Gasteiger partial charge on any atom is 0.441 e. The molecule has 2 aromatic rings. The predicted octanol–water partition coefficient (Wildman–Crippen LogP) is 4.23. The summed E-state index contributed by atoms with van der Waals surface area (Å²) < 4.78 is 35.9. The average Bonchev–Trinajstić information content (AvgIpc) is 2.40. The maximum atomic E-state index is 12.0. The van der Waals surface area contributed by atoms with Crippen LogP contribution >= 0.6 is 23.4 Å². The van der Waals surface area contributed by atoms with Crippen LogP contribution in [0.2, 0.25) is 5.02 Å². The molecule has 0 saturated heterocycles. The van der Waals surface area contributed by atoms with E-state index in [0.29, 0.717) is 11.6 Å².